The number of hydrogen-bond donors (Lipinski definition) is 2. The van der Waals surface area contributed by atoms with Crippen LogP contribution in [0, 0.1) is 0 Å². The Labute approximate surface area is 97.3 Å². The number of rotatable bonds is 2. The van der Waals surface area contributed by atoms with Crippen LogP contribution in [0.2, 0.25) is 0 Å². The van der Waals surface area contributed by atoms with Crippen LogP contribution in [0.5, 0.6) is 0 Å². The Bertz CT molecular complexity index is 261. The summed E-state index contributed by atoms with van der Waals surface area (Å²) in [6, 6.07) is 0.482. The monoisotopic (exact) mass is 225 g/mol. The van der Waals surface area contributed by atoms with E-state index in [-0.39, 0.29) is 5.91 Å². The second-order valence-electron chi connectivity index (χ2n) is 5.37. The zero-order valence-electron chi connectivity index (χ0n) is 9.95. The summed E-state index contributed by atoms with van der Waals surface area (Å²) in [4.78, 5) is 13.8. The lowest BCUT2D eigenvalue weighted by molar-refractivity contribution is -0.123. The fourth-order valence-electron chi connectivity index (χ4n) is 3.04. The molecule has 0 aromatic carbocycles. The number of carbonyl (C=O) groups is 1. The van der Waals surface area contributed by atoms with Gasteiger partial charge in [0.2, 0.25) is 5.91 Å². The number of nitrogens with two attached hydrogens (primary N) is 2. The van der Waals surface area contributed by atoms with Gasteiger partial charge in [-0.05, 0) is 45.2 Å². The van der Waals surface area contributed by atoms with Gasteiger partial charge in [-0.25, -0.2) is 0 Å². The normalized spacial score (nSPS) is 37.2. The molecule has 2 aliphatic rings. The van der Waals surface area contributed by atoms with Crippen LogP contribution in [-0.4, -0.2) is 35.5 Å². The van der Waals surface area contributed by atoms with Crippen LogP contribution in [0.25, 0.3) is 0 Å². The van der Waals surface area contributed by atoms with Gasteiger partial charge in [0.15, 0.2) is 0 Å². The molecule has 4 nitrogen and oxygen atoms in total. The number of carbonyl (C=O) groups excluding carboxylic acids is 1. The minimum atomic E-state index is -0.739. The van der Waals surface area contributed by atoms with E-state index in [4.69, 9.17) is 11.5 Å². The van der Waals surface area contributed by atoms with Crippen LogP contribution in [0.1, 0.15) is 44.9 Å². The van der Waals surface area contributed by atoms with E-state index in [1.165, 1.54) is 38.8 Å². The molecule has 2 unspecified atom stereocenters. The van der Waals surface area contributed by atoms with Gasteiger partial charge in [-0.1, -0.05) is 12.8 Å². The van der Waals surface area contributed by atoms with Crippen molar-refractivity contribution < 1.29 is 4.79 Å². The quantitative estimate of drug-likeness (QED) is 0.722. The topological polar surface area (TPSA) is 72.3 Å². The number of amides is 1. The van der Waals surface area contributed by atoms with E-state index in [2.05, 4.69) is 4.90 Å². The highest BCUT2D eigenvalue weighted by molar-refractivity contribution is 5.84. The maximum Gasteiger partial charge on any atom is 0.237 e. The predicted molar refractivity (Wildman–Crippen MR) is 63.8 cm³/mol. The average molecular weight is 225 g/mol. The SMILES string of the molecule is NC(=O)C1(N)CCC(N2CCCCCC2)C1. The second kappa shape index (κ2) is 4.72. The van der Waals surface area contributed by atoms with Gasteiger partial charge in [-0.2, -0.15) is 0 Å². The van der Waals surface area contributed by atoms with Crippen molar-refractivity contribution in [3.05, 3.63) is 0 Å². The molecule has 1 heterocycles. The summed E-state index contributed by atoms with van der Waals surface area (Å²) in [5, 5.41) is 0. The van der Waals surface area contributed by atoms with E-state index in [1.807, 2.05) is 0 Å². The molecule has 16 heavy (non-hydrogen) atoms. The van der Waals surface area contributed by atoms with Crippen molar-refractivity contribution in [2.45, 2.75) is 56.5 Å². The van der Waals surface area contributed by atoms with E-state index in [9.17, 15) is 4.79 Å². The fraction of sp³-hybridized carbons (Fsp3) is 0.917. The van der Waals surface area contributed by atoms with Crippen molar-refractivity contribution in [1.29, 1.82) is 0 Å². The third-order valence-electron chi connectivity index (χ3n) is 4.17. The summed E-state index contributed by atoms with van der Waals surface area (Å²) in [6.07, 6.45) is 7.78. The Morgan fingerprint density at radius 2 is 1.81 bits per heavy atom. The second-order valence-corrected chi connectivity index (χ2v) is 5.37. The van der Waals surface area contributed by atoms with E-state index in [0.29, 0.717) is 6.04 Å². The minimum Gasteiger partial charge on any atom is -0.368 e. The number of primary amides is 1. The molecule has 1 saturated carbocycles. The summed E-state index contributed by atoms with van der Waals surface area (Å²) < 4.78 is 0. The predicted octanol–water partition coefficient (Wildman–Crippen LogP) is 0.598. The molecule has 92 valence electrons. The number of nitrogens with zero attached hydrogens (tertiary/aromatic N) is 1. The van der Waals surface area contributed by atoms with Crippen LogP contribution in [-0.2, 0) is 4.79 Å². The highest BCUT2D eigenvalue weighted by Crippen LogP contribution is 2.32. The minimum absolute atomic E-state index is 0.329. The van der Waals surface area contributed by atoms with Gasteiger partial charge in [-0.3, -0.25) is 4.79 Å². The highest BCUT2D eigenvalue weighted by Gasteiger charge is 2.42. The average Bonchev–Trinajstić information content (AvgIpc) is 2.51. The fourth-order valence-corrected chi connectivity index (χ4v) is 3.04. The van der Waals surface area contributed by atoms with Crippen molar-refractivity contribution in [3.63, 3.8) is 0 Å². The molecular formula is C12H23N3O. The largest absolute Gasteiger partial charge is 0.368 e. The molecule has 0 aromatic heterocycles. The van der Waals surface area contributed by atoms with E-state index < -0.39 is 5.54 Å². The molecule has 1 aliphatic heterocycles. The summed E-state index contributed by atoms with van der Waals surface area (Å²) in [6.45, 7) is 2.33. The Hall–Kier alpha value is -0.610. The van der Waals surface area contributed by atoms with Gasteiger partial charge in [0.1, 0.15) is 0 Å². The van der Waals surface area contributed by atoms with E-state index in [1.54, 1.807) is 0 Å². The van der Waals surface area contributed by atoms with Crippen molar-refractivity contribution in [2.24, 2.45) is 11.5 Å². The van der Waals surface area contributed by atoms with Crippen LogP contribution >= 0.6 is 0 Å². The van der Waals surface area contributed by atoms with Crippen molar-refractivity contribution in [2.75, 3.05) is 13.1 Å². The van der Waals surface area contributed by atoms with Crippen LogP contribution in [0.3, 0.4) is 0 Å². The number of likely N-dealkylation sites (tertiary alicyclic amines) is 1. The van der Waals surface area contributed by atoms with Gasteiger partial charge < -0.3 is 16.4 Å². The van der Waals surface area contributed by atoms with Gasteiger partial charge in [0, 0.05) is 6.04 Å². The molecule has 2 atom stereocenters. The van der Waals surface area contributed by atoms with Gasteiger partial charge in [-0.15, -0.1) is 0 Å². The summed E-state index contributed by atoms with van der Waals surface area (Å²) in [5.41, 5.74) is 10.7. The van der Waals surface area contributed by atoms with Gasteiger partial charge >= 0.3 is 0 Å². The molecule has 1 aliphatic carbocycles. The Morgan fingerprint density at radius 1 is 1.19 bits per heavy atom. The Morgan fingerprint density at radius 3 is 2.31 bits per heavy atom. The molecule has 0 bridgehead atoms. The molecule has 0 spiro atoms. The van der Waals surface area contributed by atoms with Crippen LogP contribution < -0.4 is 11.5 Å². The lowest BCUT2D eigenvalue weighted by Gasteiger charge is -2.28. The lowest BCUT2D eigenvalue weighted by atomic mass is 9.98. The maximum atomic E-state index is 11.3. The zero-order valence-corrected chi connectivity index (χ0v) is 9.95. The van der Waals surface area contributed by atoms with Crippen molar-refractivity contribution in [3.8, 4) is 0 Å². The molecular weight excluding hydrogens is 202 g/mol. The standard InChI is InChI=1S/C12H23N3O/c13-11(16)12(14)6-5-10(9-12)15-7-3-1-2-4-8-15/h10H,1-9,14H2,(H2,13,16). The Kier molecular flexibility index (Phi) is 3.50. The Balaban J connectivity index is 1.94. The lowest BCUT2D eigenvalue weighted by Crippen LogP contribution is -2.51. The molecule has 4 N–H and O–H groups in total. The first-order chi connectivity index (χ1) is 7.62. The van der Waals surface area contributed by atoms with Crippen LogP contribution in [0.4, 0.5) is 0 Å². The van der Waals surface area contributed by atoms with Crippen molar-refractivity contribution in [1.82, 2.24) is 4.90 Å². The first-order valence-corrected chi connectivity index (χ1v) is 6.45. The first kappa shape index (κ1) is 11.9. The van der Waals surface area contributed by atoms with E-state index in [0.717, 1.165) is 19.3 Å². The molecule has 1 amide bonds. The third-order valence-corrected chi connectivity index (χ3v) is 4.17. The molecule has 0 aromatic rings. The molecule has 0 radical (unpaired) electrons. The van der Waals surface area contributed by atoms with Gasteiger partial charge in [0.05, 0.1) is 5.54 Å². The molecule has 2 fully saturated rings. The first-order valence-electron chi connectivity index (χ1n) is 6.45. The third kappa shape index (κ3) is 2.38. The molecule has 4 heteroatoms. The number of hydrogen-bond acceptors (Lipinski definition) is 3. The smallest absolute Gasteiger partial charge is 0.237 e. The summed E-state index contributed by atoms with van der Waals surface area (Å²) >= 11 is 0. The summed E-state index contributed by atoms with van der Waals surface area (Å²) in [7, 11) is 0. The van der Waals surface area contributed by atoms with Gasteiger partial charge in [0.25, 0.3) is 0 Å². The van der Waals surface area contributed by atoms with Crippen LogP contribution in [0.15, 0.2) is 0 Å². The van der Waals surface area contributed by atoms with E-state index >= 15 is 0 Å². The highest BCUT2D eigenvalue weighted by atomic mass is 16.1. The molecule has 1 saturated heterocycles. The van der Waals surface area contributed by atoms with Crippen molar-refractivity contribution >= 4 is 5.91 Å². The molecule has 2 rings (SSSR count). The summed E-state index contributed by atoms with van der Waals surface area (Å²) in [5.74, 6) is -0.329. The zero-order chi connectivity index (χ0) is 11.6. The maximum absolute atomic E-state index is 11.3.